The number of carbonyl (C=O) groups excluding carboxylic acids is 1. The first-order chi connectivity index (χ1) is 9.19. The van der Waals surface area contributed by atoms with E-state index < -0.39 is 0 Å². The van der Waals surface area contributed by atoms with Gasteiger partial charge in [-0.2, -0.15) is 0 Å². The second-order valence-electron chi connectivity index (χ2n) is 4.19. The average Bonchev–Trinajstić information content (AvgIpc) is 2.83. The molecule has 1 aromatic heterocycles. The number of nitrogens with zero attached hydrogens (tertiary/aromatic N) is 1. The highest BCUT2D eigenvalue weighted by molar-refractivity contribution is 7.09. The zero-order chi connectivity index (χ0) is 13.7. The van der Waals surface area contributed by atoms with Gasteiger partial charge in [-0.25, -0.2) is 4.98 Å². The maximum Gasteiger partial charge on any atom is 0.224 e. The van der Waals surface area contributed by atoms with Gasteiger partial charge in [0, 0.05) is 22.7 Å². The summed E-state index contributed by atoms with van der Waals surface area (Å²) in [5, 5.41) is 6.16. The number of thiazole rings is 1. The van der Waals surface area contributed by atoms with Crippen molar-refractivity contribution in [3.8, 4) is 0 Å². The van der Waals surface area contributed by atoms with Crippen LogP contribution in [0.2, 0.25) is 0 Å². The van der Waals surface area contributed by atoms with Gasteiger partial charge in [0.05, 0.1) is 17.7 Å². The summed E-state index contributed by atoms with van der Waals surface area (Å²) in [7, 11) is 0. The molecule has 2 aromatic rings. The standard InChI is InChI=1S/C14H17N3OS/c1-3-14(18)17-12-6-4-11(5-7-12)15-8-13-10(2)16-9-19-13/h4-7,9,15H,3,8H2,1-2H3,(H,17,18). The Morgan fingerprint density at radius 2 is 1.95 bits per heavy atom. The van der Waals surface area contributed by atoms with Gasteiger partial charge in [0.2, 0.25) is 5.91 Å². The Hall–Kier alpha value is -1.88. The number of hydrogen-bond donors (Lipinski definition) is 2. The Morgan fingerprint density at radius 3 is 2.53 bits per heavy atom. The maximum absolute atomic E-state index is 11.3. The molecule has 1 aromatic carbocycles. The quantitative estimate of drug-likeness (QED) is 0.879. The van der Waals surface area contributed by atoms with Gasteiger partial charge in [-0.15, -0.1) is 11.3 Å². The summed E-state index contributed by atoms with van der Waals surface area (Å²) in [4.78, 5) is 16.7. The van der Waals surface area contributed by atoms with Crippen LogP contribution in [0.3, 0.4) is 0 Å². The molecule has 0 spiro atoms. The van der Waals surface area contributed by atoms with Crippen LogP contribution in [0.5, 0.6) is 0 Å². The van der Waals surface area contributed by atoms with Crippen molar-refractivity contribution in [1.82, 2.24) is 4.98 Å². The first-order valence-corrected chi connectivity index (χ1v) is 7.09. The fourth-order valence-electron chi connectivity index (χ4n) is 1.60. The number of anilines is 2. The lowest BCUT2D eigenvalue weighted by atomic mass is 10.2. The van der Waals surface area contributed by atoms with Crippen molar-refractivity contribution in [2.75, 3.05) is 10.6 Å². The van der Waals surface area contributed by atoms with Crippen molar-refractivity contribution in [3.63, 3.8) is 0 Å². The molecule has 0 bridgehead atoms. The first kappa shape index (κ1) is 13.5. The average molecular weight is 275 g/mol. The Morgan fingerprint density at radius 1 is 1.26 bits per heavy atom. The lowest BCUT2D eigenvalue weighted by Crippen LogP contribution is -2.09. The number of aromatic nitrogens is 1. The van der Waals surface area contributed by atoms with Crippen molar-refractivity contribution in [2.24, 2.45) is 0 Å². The summed E-state index contributed by atoms with van der Waals surface area (Å²) in [6, 6.07) is 7.72. The SMILES string of the molecule is CCC(=O)Nc1ccc(NCc2scnc2C)cc1. The largest absolute Gasteiger partial charge is 0.380 e. The van der Waals surface area contributed by atoms with Gasteiger partial charge < -0.3 is 10.6 Å². The molecule has 0 atom stereocenters. The fourth-order valence-corrected chi connectivity index (χ4v) is 2.32. The van der Waals surface area contributed by atoms with Crippen LogP contribution in [-0.4, -0.2) is 10.9 Å². The van der Waals surface area contributed by atoms with Gasteiger partial charge in [-0.05, 0) is 31.2 Å². The Bertz CT molecular complexity index is 548. The van der Waals surface area contributed by atoms with E-state index in [1.807, 2.05) is 43.6 Å². The Labute approximate surface area is 116 Å². The molecular weight excluding hydrogens is 258 g/mol. The third-order valence-electron chi connectivity index (χ3n) is 2.79. The summed E-state index contributed by atoms with van der Waals surface area (Å²) in [6.07, 6.45) is 0.491. The topological polar surface area (TPSA) is 54.0 Å². The molecule has 0 fully saturated rings. The van der Waals surface area contributed by atoms with E-state index in [0.717, 1.165) is 23.6 Å². The minimum atomic E-state index is 0.0287. The fraction of sp³-hybridized carbons (Fsp3) is 0.286. The van der Waals surface area contributed by atoms with Gasteiger partial charge >= 0.3 is 0 Å². The molecule has 0 saturated carbocycles. The third kappa shape index (κ3) is 3.79. The van der Waals surface area contributed by atoms with E-state index in [-0.39, 0.29) is 5.91 Å². The summed E-state index contributed by atoms with van der Waals surface area (Å²) in [6.45, 7) is 4.62. The maximum atomic E-state index is 11.3. The summed E-state index contributed by atoms with van der Waals surface area (Å²) in [5.74, 6) is 0.0287. The molecular formula is C14H17N3OS. The van der Waals surface area contributed by atoms with Crippen LogP contribution < -0.4 is 10.6 Å². The lowest BCUT2D eigenvalue weighted by Gasteiger charge is -2.07. The zero-order valence-corrected chi connectivity index (χ0v) is 11.9. The molecule has 19 heavy (non-hydrogen) atoms. The normalized spacial score (nSPS) is 10.2. The van der Waals surface area contributed by atoms with E-state index in [1.54, 1.807) is 11.3 Å². The van der Waals surface area contributed by atoms with Gasteiger partial charge in [0.15, 0.2) is 0 Å². The number of nitrogens with one attached hydrogen (secondary N) is 2. The van der Waals surface area contributed by atoms with E-state index in [4.69, 9.17) is 0 Å². The number of rotatable bonds is 5. The van der Waals surface area contributed by atoms with Gasteiger partial charge in [0.25, 0.3) is 0 Å². The number of carbonyl (C=O) groups is 1. The van der Waals surface area contributed by atoms with Crippen molar-refractivity contribution in [1.29, 1.82) is 0 Å². The molecule has 0 aliphatic heterocycles. The van der Waals surface area contributed by atoms with E-state index >= 15 is 0 Å². The molecule has 0 radical (unpaired) electrons. The summed E-state index contributed by atoms with van der Waals surface area (Å²) < 4.78 is 0. The molecule has 4 nitrogen and oxygen atoms in total. The van der Waals surface area contributed by atoms with E-state index in [2.05, 4.69) is 15.6 Å². The van der Waals surface area contributed by atoms with E-state index in [0.29, 0.717) is 6.42 Å². The highest BCUT2D eigenvalue weighted by Crippen LogP contribution is 2.17. The Balaban J connectivity index is 1.92. The lowest BCUT2D eigenvalue weighted by molar-refractivity contribution is -0.115. The minimum Gasteiger partial charge on any atom is -0.380 e. The van der Waals surface area contributed by atoms with Crippen LogP contribution in [0.25, 0.3) is 0 Å². The number of benzene rings is 1. The van der Waals surface area contributed by atoms with Crippen LogP contribution >= 0.6 is 11.3 Å². The first-order valence-electron chi connectivity index (χ1n) is 6.21. The van der Waals surface area contributed by atoms with Crippen LogP contribution in [0.15, 0.2) is 29.8 Å². The molecule has 0 saturated heterocycles. The second kappa shape index (κ2) is 6.33. The van der Waals surface area contributed by atoms with Crippen LogP contribution in [0.1, 0.15) is 23.9 Å². The van der Waals surface area contributed by atoms with Crippen LogP contribution in [-0.2, 0) is 11.3 Å². The number of amides is 1. The van der Waals surface area contributed by atoms with Gasteiger partial charge in [-0.1, -0.05) is 6.92 Å². The highest BCUT2D eigenvalue weighted by Gasteiger charge is 2.02. The van der Waals surface area contributed by atoms with E-state index in [1.165, 1.54) is 4.88 Å². The molecule has 0 aliphatic rings. The second-order valence-corrected chi connectivity index (χ2v) is 5.13. The highest BCUT2D eigenvalue weighted by atomic mass is 32.1. The van der Waals surface area contributed by atoms with Crippen molar-refractivity contribution >= 4 is 28.6 Å². The van der Waals surface area contributed by atoms with Crippen LogP contribution in [0.4, 0.5) is 11.4 Å². The Kier molecular flexibility index (Phi) is 4.52. The molecule has 2 N–H and O–H groups in total. The zero-order valence-electron chi connectivity index (χ0n) is 11.1. The van der Waals surface area contributed by atoms with Crippen molar-refractivity contribution in [2.45, 2.75) is 26.8 Å². The predicted molar refractivity (Wildman–Crippen MR) is 79.5 cm³/mol. The van der Waals surface area contributed by atoms with Gasteiger partial charge in [-0.3, -0.25) is 4.79 Å². The molecule has 0 unspecified atom stereocenters. The molecule has 2 rings (SSSR count). The molecule has 0 aliphatic carbocycles. The smallest absolute Gasteiger partial charge is 0.224 e. The summed E-state index contributed by atoms with van der Waals surface area (Å²) >= 11 is 1.65. The van der Waals surface area contributed by atoms with Gasteiger partial charge in [0.1, 0.15) is 0 Å². The third-order valence-corrected chi connectivity index (χ3v) is 3.72. The van der Waals surface area contributed by atoms with Crippen molar-refractivity contribution < 1.29 is 4.79 Å². The summed E-state index contributed by atoms with van der Waals surface area (Å²) in [5.41, 5.74) is 4.79. The van der Waals surface area contributed by atoms with Crippen LogP contribution in [0, 0.1) is 6.92 Å². The molecule has 1 heterocycles. The molecule has 5 heteroatoms. The number of aryl methyl sites for hydroxylation is 1. The predicted octanol–water partition coefficient (Wildman–Crippen LogP) is 3.41. The monoisotopic (exact) mass is 275 g/mol. The number of hydrogen-bond acceptors (Lipinski definition) is 4. The minimum absolute atomic E-state index is 0.0287. The van der Waals surface area contributed by atoms with Crippen molar-refractivity contribution in [3.05, 3.63) is 40.3 Å². The van der Waals surface area contributed by atoms with E-state index in [9.17, 15) is 4.79 Å². The molecule has 100 valence electrons. The molecule has 1 amide bonds.